The number of likely N-dealkylation sites (tertiary alicyclic amines) is 1. The molecule has 4 rings (SSSR count). The summed E-state index contributed by atoms with van der Waals surface area (Å²) in [4.78, 5) is 18.3. The molecule has 6 heteroatoms. The lowest BCUT2D eigenvalue weighted by Gasteiger charge is -2.32. The smallest absolute Gasteiger partial charge is 0.317 e. The number of nitrogens with zero attached hydrogens (tertiary/aromatic N) is 4. The Labute approximate surface area is 135 Å². The molecule has 0 bridgehead atoms. The second-order valence-corrected chi connectivity index (χ2v) is 6.40. The summed E-state index contributed by atoms with van der Waals surface area (Å²) in [5.74, 6) is 0.479. The van der Waals surface area contributed by atoms with Crippen LogP contribution in [0.1, 0.15) is 36.8 Å². The fourth-order valence-electron chi connectivity index (χ4n) is 3.41. The van der Waals surface area contributed by atoms with Gasteiger partial charge in [-0.2, -0.15) is 5.10 Å². The zero-order chi connectivity index (χ0) is 15.6. The van der Waals surface area contributed by atoms with E-state index in [1.54, 1.807) is 12.7 Å². The van der Waals surface area contributed by atoms with Crippen molar-refractivity contribution < 1.29 is 4.79 Å². The molecule has 0 unspecified atom stereocenters. The van der Waals surface area contributed by atoms with Crippen molar-refractivity contribution in [2.24, 2.45) is 0 Å². The van der Waals surface area contributed by atoms with Crippen LogP contribution in [0.3, 0.4) is 0 Å². The topological polar surface area (TPSA) is 63.1 Å². The lowest BCUT2D eigenvalue weighted by atomic mass is 10.1. The van der Waals surface area contributed by atoms with Crippen molar-refractivity contribution in [1.29, 1.82) is 0 Å². The van der Waals surface area contributed by atoms with Crippen molar-refractivity contribution in [2.45, 2.75) is 37.3 Å². The molecule has 2 amide bonds. The van der Waals surface area contributed by atoms with Gasteiger partial charge in [0.1, 0.15) is 12.7 Å². The summed E-state index contributed by atoms with van der Waals surface area (Å²) in [6.45, 7) is 1.55. The predicted molar refractivity (Wildman–Crippen MR) is 86.0 cm³/mol. The molecule has 2 fully saturated rings. The number of aromatic nitrogens is 3. The minimum atomic E-state index is 0.0745. The Morgan fingerprint density at radius 2 is 1.96 bits per heavy atom. The van der Waals surface area contributed by atoms with Crippen LogP contribution >= 0.6 is 0 Å². The highest BCUT2D eigenvalue weighted by Crippen LogP contribution is 2.40. The number of benzene rings is 1. The largest absolute Gasteiger partial charge is 0.335 e. The van der Waals surface area contributed by atoms with Gasteiger partial charge in [0.2, 0.25) is 0 Å². The van der Waals surface area contributed by atoms with E-state index in [0.717, 1.165) is 32.4 Å². The van der Waals surface area contributed by atoms with E-state index in [2.05, 4.69) is 39.7 Å². The molecular weight excluding hydrogens is 290 g/mol. The summed E-state index contributed by atoms with van der Waals surface area (Å²) in [6, 6.07) is 11.1. The molecule has 1 N–H and O–H groups in total. The monoisotopic (exact) mass is 311 g/mol. The van der Waals surface area contributed by atoms with Crippen molar-refractivity contribution in [1.82, 2.24) is 25.0 Å². The molecule has 120 valence electrons. The molecule has 1 aromatic carbocycles. The molecule has 1 aliphatic heterocycles. The second kappa shape index (κ2) is 6.02. The Hall–Kier alpha value is -2.37. The maximum absolute atomic E-state index is 12.4. The summed E-state index contributed by atoms with van der Waals surface area (Å²) >= 11 is 0. The van der Waals surface area contributed by atoms with Gasteiger partial charge in [-0.1, -0.05) is 30.3 Å². The first-order chi connectivity index (χ1) is 11.3. The van der Waals surface area contributed by atoms with Gasteiger partial charge in [-0.3, -0.25) is 0 Å². The number of rotatable bonds is 3. The van der Waals surface area contributed by atoms with Gasteiger partial charge in [0.15, 0.2) is 0 Å². The highest BCUT2D eigenvalue weighted by molar-refractivity contribution is 5.75. The van der Waals surface area contributed by atoms with Crippen molar-refractivity contribution in [3.63, 3.8) is 0 Å². The van der Waals surface area contributed by atoms with Crippen LogP contribution in [0.5, 0.6) is 0 Å². The summed E-state index contributed by atoms with van der Waals surface area (Å²) in [7, 11) is 0. The van der Waals surface area contributed by atoms with Gasteiger partial charge in [0, 0.05) is 25.0 Å². The third kappa shape index (κ3) is 3.06. The van der Waals surface area contributed by atoms with E-state index >= 15 is 0 Å². The molecule has 2 atom stereocenters. The zero-order valence-corrected chi connectivity index (χ0v) is 13.0. The van der Waals surface area contributed by atoms with E-state index in [1.165, 1.54) is 5.56 Å². The normalized spacial score (nSPS) is 24.4. The molecule has 1 saturated carbocycles. The Morgan fingerprint density at radius 1 is 1.17 bits per heavy atom. The minimum absolute atomic E-state index is 0.0745. The number of carbonyl (C=O) groups is 1. The lowest BCUT2D eigenvalue weighted by Crippen LogP contribution is -2.45. The van der Waals surface area contributed by atoms with Crippen molar-refractivity contribution in [3.8, 4) is 0 Å². The first-order valence-electron chi connectivity index (χ1n) is 8.26. The standard InChI is InChI=1S/C17H21N5O/c23-17(20-16-10-15(16)13-4-2-1-3-5-13)21-8-6-14(7-9-21)22-12-18-11-19-22/h1-5,11-12,14-16H,6-10H2,(H,20,23)/t15-,16+/m0/s1. The van der Waals surface area contributed by atoms with Crippen LogP contribution in [0.4, 0.5) is 4.79 Å². The SMILES string of the molecule is O=C(N[C@@H]1C[C@H]1c1ccccc1)N1CCC(n2cncn2)CC1. The van der Waals surface area contributed by atoms with Crippen LogP contribution in [0.2, 0.25) is 0 Å². The van der Waals surface area contributed by atoms with E-state index in [-0.39, 0.29) is 12.1 Å². The van der Waals surface area contributed by atoms with Gasteiger partial charge in [-0.05, 0) is 24.8 Å². The Morgan fingerprint density at radius 3 is 2.65 bits per heavy atom. The van der Waals surface area contributed by atoms with Gasteiger partial charge < -0.3 is 10.2 Å². The van der Waals surface area contributed by atoms with Gasteiger partial charge in [0.25, 0.3) is 0 Å². The molecule has 6 nitrogen and oxygen atoms in total. The van der Waals surface area contributed by atoms with Gasteiger partial charge >= 0.3 is 6.03 Å². The van der Waals surface area contributed by atoms with Crippen molar-refractivity contribution >= 4 is 6.03 Å². The lowest BCUT2D eigenvalue weighted by molar-refractivity contribution is 0.168. The molecule has 0 spiro atoms. The first kappa shape index (κ1) is 14.2. The first-order valence-corrected chi connectivity index (χ1v) is 8.26. The highest BCUT2D eigenvalue weighted by Gasteiger charge is 2.40. The Bertz CT molecular complexity index is 649. The van der Waals surface area contributed by atoms with E-state index in [9.17, 15) is 4.79 Å². The average Bonchev–Trinajstić information content (AvgIpc) is 3.15. The molecule has 1 saturated heterocycles. The zero-order valence-electron chi connectivity index (χ0n) is 13.0. The van der Waals surface area contributed by atoms with Crippen LogP contribution in [-0.2, 0) is 0 Å². The van der Waals surface area contributed by atoms with Gasteiger partial charge in [0.05, 0.1) is 6.04 Å². The Balaban J connectivity index is 1.27. The van der Waals surface area contributed by atoms with Crippen LogP contribution < -0.4 is 5.32 Å². The van der Waals surface area contributed by atoms with Crippen LogP contribution in [0.25, 0.3) is 0 Å². The van der Waals surface area contributed by atoms with E-state index in [0.29, 0.717) is 12.0 Å². The van der Waals surface area contributed by atoms with Crippen LogP contribution in [-0.4, -0.2) is 44.8 Å². The number of hydrogen-bond acceptors (Lipinski definition) is 3. The number of hydrogen-bond donors (Lipinski definition) is 1. The minimum Gasteiger partial charge on any atom is -0.335 e. The van der Waals surface area contributed by atoms with E-state index in [1.807, 2.05) is 15.6 Å². The molecular formula is C17H21N5O. The fraction of sp³-hybridized carbons (Fsp3) is 0.471. The summed E-state index contributed by atoms with van der Waals surface area (Å²) in [6.07, 6.45) is 6.24. The highest BCUT2D eigenvalue weighted by atomic mass is 16.2. The summed E-state index contributed by atoms with van der Waals surface area (Å²) < 4.78 is 1.90. The third-order valence-corrected chi connectivity index (χ3v) is 4.89. The second-order valence-electron chi connectivity index (χ2n) is 6.40. The van der Waals surface area contributed by atoms with Gasteiger partial charge in [-0.25, -0.2) is 14.5 Å². The number of piperidine rings is 1. The molecule has 1 aliphatic carbocycles. The van der Waals surface area contributed by atoms with Gasteiger partial charge in [-0.15, -0.1) is 0 Å². The summed E-state index contributed by atoms with van der Waals surface area (Å²) in [5, 5.41) is 7.37. The van der Waals surface area contributed by atoms with E-state index in [4.69, 9.17) is 0 Å². The third-order valence-electron chi connectivity index (χ3n) is 4.89. The fourth-order valence-corrected chi connectivity index (χ4v) is 3.41. The average molecular weight is 311 g/mol. The van der Waals surface area contributed by atoms with Crippen LogP contribution in [0, 0.1) is 0 Å². The maximum Gasteiger partial charge on any atom is 0.317 e. The summed E-state index contributed by atoms with van der Waals surface area (Å²) in [5.41, 5.74) is 1.32. The predicted octanol–water partition coefficient (Wildman–Crippen LogP) is 2.18. The number of nitrogens with one attached hydrogen (secondary N) is 1. The quantitative estimate of drug-likeness (QED) is 0.945. The van der Waals surface area contributed by atoms with E-state index < -0.39 is 0 Å². The number of urea groups is 1. The van der Waals surface area contributed by atoms with Crippen molar-refractivity contribution in [3.05, 3.63) is 48.5 Å². The molecule has 1 aromatic heterocycles. The number of carbonyl (C=O) groups excluding carboxylic acids is 1. The molecule has 0 radical (unpaired) electrons. The van der Waals surface area contributed by atoms with Crippen molar-refractivity contribution in [2.75, 3.05) is 13.1 Å². The molecule has 2 aromatic rings. The maximum atomic E-state index is 12.4. The Kier molecular flexibility index (Phi) is 3.73. The molecule has 23 heavy (non-hydrogen) atoms. The van der Waals surface area contributed by atoms with Crippen LogP contribution in [0.15, 0.2) is 43.0 Å². The number of amides is 2. The molecule has 2 heterocycles. The molecule has 2 aliphatic rings.